The molecule has 1 N–H and O–H groups in total. The minimum Gasteiger partial charge on any atom is -0.447 e. The van der Waals surface area contributed by atoms with Crippen LogP contribution in [0.25, 0.3) is 0 Å². The van der Waals surface area contributed by atoms with Gasteiger partial charge in [0, 0.05) is 31.0 Å². The van der Waals surface area contributed by atoms with Gasteiger partial charge in [-0.3, -0.25) is 0 Å². The third-order valence-corrected chi connectivity index (χ3v) is 3.22. The SMILES string of the molecule is Cc1ccnc(NC2CCN(C(=O)OC(C)C)CC2)n1. The molecule has 1 aromatic rings. The number of anilines is 1. The van der Waals surface area contributed by atoms with Gasteiger partial charge in [0.05, 0.1) is 6.10 Å². The van der Waals surface area contributed by atoms with Crippen LogP contribution in [0.3, 0.4) is 0 Å². The van der Waals surface area contributed by atoms with Gasteiger partial charge in [-0.2, -0.15) is 0 Å². The fraction of sp³-hybridized carbons (Fsp3) is 0.643. The summed E-state index contributed by atoms with van der Waals surface area (Å²) in [6, 6.07) is 2.18. The van der Waals surface area contributed by atoms with E-state index >= 15 is 0 Å². The predicted octanol–water partition coefficient (Wildman–Crippen LogP) is 2.21. The standard InChI is InChI=1S/C14H22N4O2/c1-10(2)20-14(19)18-8-5-12(6-9-18)17-13-15-7-4-11(3)16-13/h4,7,10,12H,5-6,8-9H2,1-3H3,(H,15,16,17). The minimum atomic E-state index is -0.217. The average Bonchev–Trinajstić information content (AvgIpc) is 2.38. The molecule has 0 spiro atoms. The van der Waals surface area contributed by atoms with Crippen molar-refractivity contribution in [3.63, 3.8) is 0 Å². The zero-order valence-corrected chi connectivity index (χ0v) is 12.3. The number of ether oxygens (including phenoxy) is 1. The molecule has 110 valence electrons. The first-order chi connectivity index (χ1) is 9.54. The van der Waals surface area contributed by atoms with Gasteiger partial charge in [-0.25, -0.2) is 14.8 Å². The molecule has 1 fully saturated rings. The lowest BCUT2D eigenvalue weighted by Gasteiger charge is -2.32. The largest absolute Gasteiger partial charge is 0.447 e. The molecular formula is C14H22N4O2. The number of carbonyl (C=O) groups excluding carboxylic acids is 1. The van der Waals surface area contributed by atoms with Crippen molar-refractivity contribution < 1.29 is 9.53 Å². The molecule has 0 radical (unpaired) electrons. The van der Waals surface area contributed by atoms with Crippen molar-refractivity contribution in [2.75, 3.05) is 18.4 Å². The molecule has 6 nitrogen and oxygen atoms in total. The molecular weight excluding hydrogens is 256 g/mol. The maximum absolute atomic E-state index is 11.8. The molecule has 1 aliphatic heterocycles. The first-order valence-electron chi connectivity index (χ1n) is 7.06. The van der Waals surface area contributed by atoms with E-state index in [0.29, 0.717) is 25.1 Å². The number of nitrogens with zero attached hydrogens (tertiary/aromatic N) is 3. The summed E-state index contributed by atoms with van der Waals surface area (Å²) in [6.45, 7) is 7.07. The van der Waals surface area contributed by atoms with E-state index in [1.165, 1.54) is 0 Å². The van der Waals surface area contributed by atoms with Crippen molar-refractivity contribution in [1.29, 1.82) is 0 Å². The van der Waals surface area contributed by atoms with Crippen LogP contribution in [0.15, 0.2) is 12.3 Å². The van der Waals surface area contributed by atoms with E-state index in [1.54, 1.807) is 11.1 Å². The first-order valence-corrected chi connectivity index (χ1v) is 7.06. The van der Waals surface area contributed by atoms with Gasteiger partial charge in [0.2, 0.25) is 5.95 Å². The van der Waals surface area contributed by atoms with Gasteiger partial charge >= 0.3 is 6.09 Å². The van der Waals surface area contributed by atoms with Crippen molar-refractivity contribution >= 4 is 12.0 Å². The second-order valence-electron chi connectivity index (χ2n) is 5.36. The van der Waals surface area contributed by atoms with E-state index < -0.39 is 0 Å². The summed E-state index contributed by atoms with van der Waals surface area (Å²) in [5.74, 6) is 0.660. The molecule has 0 aliphatic carbocycles. The molecule has 1 saturated heterocycles. The Morgan fingerprint density at radius 2 is 2.15 bits per heavy atom. The van der Waals surface area contributed by atoms with Crippen LogP contribution in [-0.2, 0) is 4.74 Å². The Labute approximate surface area is 119 Å². The monoisotopic (exact) mass is 278 g/mol. The van der Waals surface area contributed by atoms with Gasteiger partial charge in [0.15, 0.2) is 0 Å². The van der Waals surface area contributed by atoms with Crippen molar-refractivity contribution in [1.82, 2.24) is 14.9 Å². The summed E-state index contributed by atoms with van der Waals surface area (Å²) < 4.78 is 5.20. The molecule has 1 aromatic heterocycles. The van der Waals surface area contributed by atoms with Gasteiger partial charge in [-0.1, -0.05) is 0 Å². The molecule has 6 heteroatoms. The molecule has 0 atom stereocenters. The first kappa shape index (κ1) is 14.6. The smallest absolute Gasteiger partial charge is 0.410 e. The summed E-state index contributed by atoms with van der Waals surface area (Å²) in [5, 5.41) is 3.32. The van der Waals surface area contributed by atoms with E-state index in [4.69, 9.17) is 4.74 Å². The lowest BCUT2D eigenvalue weighted by Crippen LogP contribution is -2.43. The highest BCUT2D eigenvalue weighted by atomic mass is 16.6. The molecule has 2 rings (SSSR count). The van der Waals surface area contributed by atoms with Gasteiger partial charge in [-0.05, 0) is 39.7 Å². The number of aryl methyl sites for hydroxylation is 1. The van der Waals surface area contributed by atoms with E-state index in [9.17, 15) is 4.79 Å². The molecule has 0 saturated carbocycles. The van der Waals surface area contributed by atoms with Crippen LogP contribution < -0.4 is 5.32 Å². The van der Waals surface area contributed by atoms with E-state index in [0.717, 1.165) is 18.5 Å². The topological polar surface area (TPSA) is 67.4 Å². The maximum Gasteiger partial charge on any atom is 0.410 e. The van der Waals surface area contributed by atoms with Crippen LogP contribution in [0.2, 0.25) is 0 Å². The van der Waals surface area contributed by atoms with Crippen molar-refractivity contribution in [2.24, 2.45) is 0 Å². The Hall–Kier alpha value is -1.85. The molecule has 20 heavy (non-hydrogen) atoms. The summed E-state index contributed by atoms with van der Waals surface area (Å²) in [4.78, 5) is 22.1. The summed E-state index contributed by atoms with van der Waals surface area (Å²) >= 11 is 0. The third-order valence-electron chi connectivity index (χ3n) is 3.22. The molecule has 2 heterocycles. The number of hydrogen-bond acceptors (Lipinski definition) is 5. The Morgan fingerprint density at radius 1 is 1.45 bits per heavy atom. The number of hydrogen-bond donors (Lipinski definition) is 1. The molecule has 1 aliphatic rings. The number of aromatic nitrogens is 2. The normalized spacial score (nSPS) is 16.3. The lowest BCUT2D eigenvalue weighted by atomic mass is 10.1. The highest BCUT2D eigenvalue weighted by molar-refractivity contribution is 5.67. The quantitative estimate of drug-likeness (QED) is 0.918. The molecule has 1 amide bonds. The Balaban J connectivity index is 1.81. The fourth-order valence-electron chi connectivity index (χ4n) is 2.18. The van der Waals surface area contributed by atoms with Crippen molar-refractivity contribution in [3.8, 4) is 0 Å². The highest BCUT2D eigenvalue weighted by Crippen LogP contribution is 2.15. The van der Waals surface area contributed by atoms with Gasteiger partial charge in [0.1, 0.15) is 0 Å². The summed E-state index contributed by atoms with van der Waals surface area (Å²) in [5.41, 5.74) is 0.945. The number of amides is 1. The summed E-state index contributed by atoms with van der Waals surface area (Å²) in [6.07, 6.45) is 3.22. The maximum atomic E-state index is 11.8. The van der Waals surface area contributed by atoms with E-state index in [1.807, 2.05) is 26.8 Å². The third kappa shape index (κ3) is 4.08. The molecule has 0 bridgehead atoms. The number of piperidine rings is 1. The zero-order valence-electron chi connectivity index (χ0n) is 12.3. The predicted molar refractivity (Wildman–Crippen MR) is 76.6 cm³/mol. The van der Waals surface area contributed by atoms with Crippen LogP contribution >= 0.6 is 0 Å². The Bertz CT molecular complexity index is 456. The van der Waals surface area contributed by atoms with Crippen LogP contribution in [0.5, 0.6) is 0 Å². The van der Waals surface area contributed by atoms with E-state index in [-0.39, 0.29) is 12.2 Å². The van der Waals surface area contributed by atoms with Gasteiger partial charge < -0.3 is 15.0 Å². The second-order valence-corrected chi connectivity index (χ2v) is 5.36. The van der Waals surface area contributed by atoms with Gasteiger partial charge in [0.25, 0.3) is 0 Å². The number of carbonyl (C=O) groups is 1. The van der Waals surface area contributed by atoms with Crippen LogP contribution in [-0.4, -0.2) is 46.2 Å². The van der Waals surface area contributed by atoms with Crippen molar-refractivity contribution in [3.05, 3.63) is 18.0 Å². The van der Waals surface area contributed by atoms with Crippen molar-refractivity contribution in [2.45, 2.75) is 45.8 Å². The second kappa shape index (κ2) is 6.54. The highest BCUT2D eigenvalue weighted by Gasteiger charge is 2.24. The minimum absolute atomic E-state index is 0.0703. The van der Waals surface area contributed by atoms with Crippen LogP contribution in [0, 0.1) is 6.92 Å². The zero-order chi connectivity index (χ0) is 14.5. The van der Waals surface area contributed by atoms with Crippen LogP contribution in [0.1, 0.15) is 32.4 Å². The summed E-state index contributed by atoms with van der Waals surface area (Å²) in [7, 11) is 0. The average molecular weight is 278 g/mol. The number of rotatable bonds is 3. The molecule has 0 unspecified atom stereocenters. The van der Waals surface area contributed by atoms with E-state index in [2.05, 4.69) is 15.3 Å². The Kier molecular flexibility index (Phi) is 4.76. The van der Waals surface area contributed by atoms with Gasteiger partial charge in [-0.15, -0.1) is 0 Å². The Morgan fingerprint density at radius 3 is 2.75 bits per heavy atom. The number of nitrogens with one attached hydrogen (secondary N) is 1. The number of likely N-dealkylation sites (tertiary alicyclic amines) is 1. The fourth-order valence-corrected chi connectivity index (χ4v) is 2.18. The molecule has 0 aromatic carbocycles. The van der Waals surface area contributed by atoms with Crippen LogP contribution in [0.4, 0.5) is 10.7 Å². The lowest BCUT2D eigenvalue weighted by molar-refractivity contribution is 0.0701.